The zero-order valence-electron chi connectivity index (χ0n) is 10.1. The van der Waals surface area contributed by atoms with Crippen LogP contribution in [0, 0.1) is 0 Å². The molecule has 1 aliphatic rings. The third kappa shape index (κ3) is 1.59. The standard InChI is InChI=1S/C16H12O3/c17-15(18)16(19)13-7-3-1-5-11(13)9-10-12-6-2-4-8-14(12)16/h1-10,19H,(H,17,18). The molecule has 0 saturated carbocycles. The molecule has 0 bridgehead atoms. The summed E-state index contributed by atoms with van der Waals surface area (Å²) >= 11 is 0. The number of hydrogen-bond acceptors (Lipinski definition) is 2. The van der Waals surface area contributed by atoms with Gasteiger partial charge < -0.3 is 10.2 Å². The SMILES string of the molecule is O=C(O)C1(O)c2ccccc2C=Cc2ccccc21. The Morgan fingerprint density at radius 1 is 0.842 bits per heavy atom. The summed E-state index contributed by atoms with van der Waals surface area (Å²) in [5.74, 6) is -1.27. The van der Waals surface area contributed by atoms with Crippen LogP contribution < -0.4 is 0 Å². The van der Waals surface area contributed by atoms with E-state index in [1.165, 1.54) is 0 Å². The maximum Gasteiger partial charge on any atom is 0.345 e. The fraction of sp³-hybridized carbons (Fsp3) is 0.0625. The van der Waals surface area contributed by atoms with Crippen LogP contribution in [0.2, 0.25) is 0 Å². The van der Waals surface area contributed by atoms with Gasteiger partial charge in [0.1, 0.15) is 0 Å². The molecule has 0 saturated heterocycles. The van der Waals surface area contributed by atoms with Crippen LogP contribution in [0.15, 0.2) is 48.5 Å². The zero-order valence-corrected chi connectivity index (χ0v) is 10.1. The lowest BCUT2D eigenvalue weighted by molar-refractivity contribution is -0.155. The van der Waals surface area contributed by atoms with E-state index in [2.05, 4.69) is 0 Å². The second-order valence-corrected chi connectivity index (χ2v) is 4.52. The van der Waals surface area contributed by atoms with Crippen LogP contribution in [0.3, 0.4) is 0 Å². The van der Waals surface area contributed by atoms with Gasteiger partial charge in [-0.2, -0.15) is 0 Å². The molecule has 3 nitrogen and oxygen atoms in total. The Bertz CT molecular complexity index is 636. The predicted molar refractivity (Wildman–Crippen MR) is 72.4 cm³/mol. The normalized spacial score (nSPS) is 15.2. The molecule has 0 heterocycles. The predicted octanol–water partition coefficient (Wildman–Crippen LogP) is 2.49. The first-order valence-corrected chi connectivity index (χ1v) is 5.97. The summed E-state index contributed by atoms with van der Waals surface area (Å²) in [7, 11) is 0. The third-order valence-electron chi connectivity index (χ3n) is 3.45. The number of fused-ring (bicyclic) bond motifs is 2. The first-order chi connectivity index (χ1) is 9.14. The number of carboxylic acids is 1. The first-order valence-electron chi connectivity index (χ1n) is 5.97. The van der Waals surface area contributed by atoms with E-state index in [-0.39, 0.29) is 0 Å². The number of carboxylic acid groups (broad SMARTS) is 1. The summed E-state index contributed by atoms with van der Waals surface area (Å²) in [6, 6.07) is 14.0. The van der Waals surface area contributed by atoms with Gasteiger partial charge in [0.2, 0.25) is 5.60 Å². The van der Waals surface area contributed by atoms with Gasteiger partial charge in [-0.1, -0.05) is 60.7 Å². The highest BCUT2D eigenvalue weighted by molar-refractivity contribution is 5.90. The smallest absolute Gasteiger partial charge is 0.345 e. The van der Waals surface area contributed by atoms with E-state index < -0.39 is 11.6 Å². The molecule has 94 valence electrons. The lowest BCUT2D eigenvalue weighted by Gasteiger charge is -2.26. The van der Waals surface area contributed by atoms with Gasteiger partial charge in [-0.05, 0) is 11.1 Å². The summed E-state index contributed by atoms with van der Waals surface area (Å²) in [5, 5.41) is 20.3. The zero-order chi connectivity index (χ0) is 13.5. The van der Waals surface area contributed by atoms with Crippen molar-refractivity contribution < 1.29 is 15.0 Å². The summed E-state index contributed by atoms with van der Waals surface area (Å²) in [6.07, 6.45) is 3.66. The average Bonchev–Trinajstić information content (AvgIpc) is 2.56. The quantitative estimate of drug-likeness (QED) is 0.819. The summed E-state index contributed by atoms with van der Waals surface area (Å²) in [4.78, 5) is 11.7. The Labute approximate surface area is 110 Å². The minimum absolute atomic E-state index is 0.392. The second-order valence-electron chi connectivity index (χ2n) is 4.52. The minimum Gasteiger partial charge on any atom is -0.479 e. The van der Waals surface area contributed by atoms with Crippen LogP contribution in [0.1, 0.15) is 22.3 Å². The number of carbonyl (C=O) groups is 1. The monoisotopic (exact) mass is 252 g/mol. The summed E-state index contributed by atoms with van der Waals surface area (Å²) in [5.41, 5.74) is 0.191. The largest absolute Gasteiger partial charge is 0.479 e. The topological polar surface area (TPSA) is 57.5 Å². The number of aliphatic hydroxyl groups is 1. The Kier molecular flexibility index (Phi) is 2.50. The molecule has 3 rings (SSSR count). The highest BCUT2D eigenvalue weighted by Gasteiger charge is 2.43. The van der Waals surface area contributed by atoms with Crippen molar-refractivity contribution in [1.29, 1.82) is 0 Å². The van der Waals surface area contributed by atoms with E-state index in [0.29, 0.717) is 22.3 Å². The molecular formula is C16H12O3. The van der Waals surface area contributed by atoms with Crippen molar-refractivity contribution in [3.63, 3.8) is 0 Å². The number of hydrogen-bond donors (Lipinski definition) is 2. The Morgan fingerprint density at radius 2 is 1.26 bits per heavy atom. The fourth-order valence-electron chi connectivity index (χ4n) is 2.50. The Morgan fingerprint density at radius 3 is 1.68 bits per heavy atom. The van der Waals surface area contributed by atoms with Crippen molar-refractivity contribution in [3.8, 4) is 0 Å². The van der Waals surface area contributed by atoms with Crippen molar-refractivity contribution in [2.45, 2.75) is 5.60 Å². The van der Waals surface area contributed by atoms with Gasteiger partial charge in [0.05, 0.1) is 0 Å². The lowest BCUT2D eigenvalue weighted by Crippen LogP contribution is -2.37. The molecule has 3 heteroatoms. The minimum atomic E-state index is -2.02. The average molecular weight is 252 g/mol. The van der Waals surface area contributed by atoms with Crippen LogP contribution in [-0.4, -0.2) is 16.2 Å². The van der Waals surface area contributed by atoms with E-state index in [1.54, 1.807) is 36.4 Å². The van der Waals surface area contributed by atoms with Crippen LogP contribution in [0.25, 0.3) is 12.2 Å². The van der Waals surface area contributed by atoms with Crippen LogP contribution >= 0.6 is 0 Å². The van der Waals surface area contributed by atoms with E-state index in [9.17, 15) is 15.0 Å². The first kappa shape index (κ1) is 11.7. The summed E-state index contributed by atoms with van der Waals surface area (Å²) < 4.78 is 0. The number of aliphatic carboxylic acids is 1. The fourth-order valence-corrected chi connectivity index (χ4v) is 2.50. The van der Waals surface area contributed by atoms with E-state index in [0.717, 1.165) is 0 Å². The molecule has 0 amide bonds. The van der Waals surface area contributed by atoms with Crippen molar-refractivity contribution >= 4 is 18.1 Å². The molecule has 0 radical (unpaired) electrons. The van der Waals surface area contributed by atoms with E-state index >= 15 is 0 Å². The maximum absolute atomic E-state index is 11.7. The van der Waals surface area contributed by atoms with Gasteiger partial charge in [-0.3, -0.25) is 0 Å². The highest BCUT2D eigenvalue weighted by Crippen LogP contribution is 2.37. The Balaban J connectivity index is 2.41. The third-order valence-corrected chi connectivity index (χ3v) is 3.45. The molecule has 2 N–H and O–H groups in total. The number of benzene rings is 2. The van der Waals surface area contributed by atoms with Crippen LogP contribution in [0.4, 0.5) is 0 Å². The van der Waals surface area contributed by atoms with Gasteiger partial charge in [-0.15, -0.1) is 0 Å². The van der Waals surface area contributed by atoms with Gasteiger partial charge in [0.15, 0.2) is 0 Å². The Hall–Kier alpha value is -2.39. The van der Waals surface area contributed by atoms with Crippen molar-refractivity contribution in [3.05, 3.63) is 70.8 Å². The molecule has 0 fully saturated rings. The molecule has 2 aromatic rings. The van der Waals surface area contributed by atoms with Crippen molar-refractivity contribution in [1.82, 2.24) is 0 Å². The van der Waals surface area contributed by atoms with Crippen LogP contribution in [0.5, 0.6) is 0 Å². The molecule has 0 aromatic heterocycles. The van der Waals surface area contributed by atoms with Gasteiger partial charge in [0.25, 0.3) is 0 Å². The second kappa shape index (κ2) is 4.07. The molecule has 19 heavy (non-hydrogen) atoms. The molecular weight excluding hydrogens is 240 g/mol. The molecule has 2 aromatic carbocycles. The van der Waals surface area contributed by atoms with Crippen molar-refractivity contribution in [2.24, 2.45) is 0 Å². The van der Waals surface area contributed by atoms with E-state index in [1.807, 2.05) is 24.3 Å². The van der Waals surface area contributed by atoms with Crippen LogP contribution in [-0.2, 0) is 10.4 Å². The van der Waals surface area contributed by atoms with Gasteiger partial charge >= 0.3 is 5.97 Å². The number of rotatable bonds is 1. The van der Waals surface area contributed by atoms with E-state index in [4.69, 9.17) is 0 Å². The maximum atomic E-state index is 11.7. The molecule has 0 unspecified atom stereocenters. The summed E-state index contributed by atoms with van der Waals surface area (Å²) in [6.45, 7) is 0. The van der Waals surface area contributed by atoms with Gasteiger partial charge in [0, 0.05) is 11.1 Å². The van der Waals surface area contributed by atoms with Gasteiger partial charge in [-0.25, -0.2) is 4.79 Å². The molecule has 1 aliphatic carbocycles. The molecule has 0 spiro atoms. The highest BCUT2D eigenvalue weighted by atomic mass is 16.4. The molecule has 0 aliphatic heterocycles. The lowest BCUT2D eigenvalue weighted by atomic mass is 9.83. The van der Waals surface area contributed by atoms with Crippen molar-refractivity contribution in [2.75, 3.05) is 0 Å². The molecule has 0 atom stereocenters.